The lowest BCUT2D eigenvalue weighted by molar-refractivity contribution is 0.931. The monoisotopic (exact) mass is 364 g/mol. The van der Waals surface area contributed by atoms with Crippen LogP contribution in [0, 0.1) is 0 Å². The fourth-order valence-electron chi connectivity index (χ4n) is 1.93. The number of para-hydroxylation sites is 1. The molecule has 1 aromatic heterocycles. The number of aromatic nitrogens is 3. The first-order valence-corrected chi connectivity index (χ1v) is 7.86. The van der Waals surface area contributed by atoms with Gasteiger partial charge in [0, 0.05) is 11.3 Å². The second-order valence-corrected chi connectivity index (χ2v) is 6.94. The average Bonchev–Trinajstić information content (AvgIpc) is 2.55. The Bertz CT molecular complexity index is 789. The Labute approximate surface area is 148 Å². The number of hydrogen-bond acceptors (Lipinski definition) is 4. The molecular weight excluding hydrogens is 355 g/mol. The molecule has 2 aromatic carbocycles. The lowest BCUT2D eigenvalue weighted by Gasteiger charge is -2.13. The fourth-order valence-corrected chi connectivity index (χ4v) is 2.18. The first-order valence-electron chi connectivity index (χ1n) is 6.73. The highest BCUT2D eigenvalue weighted by Crippen LogP contribution is 2.37. The van der Waals surface area contributed by atoms with E-state index in [0.29, 0.717) is 11.8 Å². The minimum absolute atomic E-state index is 0.0646. The number of rotatable bonds is 3. The maximum atomic E-state index is 5.94. The molecule has 7 heteroatoms. The van der Waals surface area contributed by atoms with Gasteiger partial charge in [0.15, 0.2) is 11.6 Å². The number of benzene rings is 2. The summed E-state index contributed by atoms with van der Waals surface area (Å²) < 4.78 is -1.74. The predicted octanol–water partition coefficient (Wildman–Crippen LogP) is 5.11. The van der Waals surface area contributed by atoms with E-state index in [1.165, 1.54) is 0 Å². The zero-order valence-corrected chi connectivity index (χ0v) is 14.0. The van der Waals surface area contributed by atoms with Crippen molar-refractivity contribution in [2.24, 2.45) is 0 Å². The van der Waals surface area contributed by atoms with Gasteiger partial charge in [-0.3, -0.25) is 0 Å². The highest BCUT2D eigenvalue weighted by Gasteiger charge is 2.28. The third-order valence-electron chi connectivity index (χ3n) is 2.95. The van der Waals surface area contributed by atoms with E-state index in [1.54, 1.807) is 0 Å². The smallest absolute Gasteiger partial charge is 0.250 e. The van der Waals surface area contributed by atoms with Crippen LogP contribution < -0.4 is 5.32 Å². The molecule has 1 N–H and O–H groups in total. The zero-order chi connectivity index (χ0) is 16.3. The fraction of sp³-hybridized carbons (Fsp3) is 0.0625. The maximum Gasteiger partial charge on any atom is 0.250 e. The molecule has 0 aliphatic carbocycles. The second kappa shape index (κ2) is 6.71. The third-order valence-corrected chi connectivity index (χ3v) is 3.46. The van der Waals surface area contributed by atoms with Gasteiger partial charge >= 0.3 is 0 Å². The molecule has 0 fully saturated rings. The molecule has 3 rings (SSSR count). The van der Waals surface area contributed by atoms with Crippen molar-refractivity contribution in [2.75, 3.05) is 5.32 Å². The first-order chi connectivity index (χ1) is 11.0. The lowest BCUT2D eigenvalue weighted by atomic mass is 10.2. The standard InChI is InChI=1S/C16H11Cl3N4/c17-16(18,19)14-21-13(11-7-3-1-4-8-11)22-15(23-14)20-12-9-5-2-6-10-12/h1-10H,(H,20,21,22,23). The van der Waals surface area contributed by atoms with Gasteiger partial charge in [-0.25, -0.2) is 4.98 Å². The lowest BCUT2D eigenvalue weighted by Crippen LogP contribution is -2.12. The predicted molar refractivity (Wildman–Crippen MR) is 94.2 cm³/mol. The van der Waals surface area contributed by atoms with E-state index in [1.807, 2.05) is 60.7 Å². The van der Waals surface area contributed by atoms with Crippen molar-refractivity contribution in [1.82, 2.24) is 15.0 Å². The van der Waals surface area contributed by atoms with E-state index < -0.39 is 3.79 Å². The zero-order valence-electron chi connectivity index (χ0n) is 11.7. The van der Waals surface area contributed by atoms with Crippen molar-refractivity contribution in [3.63, 3.8) is 0 Å². The largest absolute Gasteiger partial charge is 0.324 e. The molecule has 3 aromatic rings. The van der Waals surface area contributed by atoms with Crippen molar-refractivity contribution in [3.05, 3.63) is 66.5 Å². The summed E-state index contributed by atoms with van der Waals surface area (Å²) in [6.07, 6.45) is 0. The van der Waals surface area contributed by atoms with Gasteiger partial charge in [0.05, 0.1) is 0 Å². The van der Waals surface area contributed by atoms with E-state index in [-0.39, 0.29) is 5.82 Å². The van der Waals surface area contributed by atoms with Crippen molar-refractivity contribution in [1.29, 1.82) is 0 Å². The van der Waals surface area contributed by atoms with E-state index in [4.69, 9.17) is 34.8 Å². The number of alkyl halides is 3. The van der Waals surface area contributed by atoms with Gasteiger partial charge < -0.3 is 5.32 Å². The Balaban J connectivity index is 2.05. The summed E-state index contributed by atoms with van der Waals surface area (Å²) in [6, 6.07) is 18.9. The Morgan fingerprint density at radius 3 is 1.96 bits per heavy atom. The minimum atomic E-state index is -1.74. The highest BCUT2D eigenvalue weighted by molar-refractivity contribution is 6.66. The van der Waals surface area contributed by atoms with Crippen molar-refractivity contribution < 1.29 is 0 Å². The quantitative estimate of drug-likeness (QED) is 0.655. The molecule has 1 heterocycles. The molecule has 0 bridgehead atoms. The van der Waals surface area contributed by atoms with Crippen molar-refractivity contribution >= 4 is 46.4 Å². The van der Waals surface area contributed by atoms with E-state index in [0.717, 1.165) is 11.3 Å². The topological polar surface area (TPSA) is 50.7 Å². The molecule has 23 heavy (non-hydrogen) atoms. The van der Waals surface area contributed by atoms with Gasteiger partial charge in [-0.05, 0) is 12.1 Å². The molecule has 0 aliphatic heterocycles. The summed E-state index contributed by atoms with van der Waals surface area (Å²) in [7, 11) is 0. The molecule has 116 valence electrons. The van der Waals surface area contributed by atoms with Crippen LogP contribution >= 0.6 is 34.8 Å². The Hall–Kier alpha value is -1.88. The SMILES string of the molecule is ClC(Cl)(Cl)c1nc(Nc2ccccc2)nc(-c2ccccc2)n1. The van der Waals surface area contributed by atoms with Gasteiger partial charge in [-0.1, -0.05) is 83.3 Å². The van der Waals surface area contributed by atoms with Gasteiger partial charge in [0.2, 0.25) is 9.74 Å². The van der Waals surface area contributed by atoms with Crippen LogP contribution in [0.4, 0.5) is 11.6 Å². The summed E-state index contributed by atoms with van der Waals surface area (Å²) in [5, 5.41) is 3.09. The number of hydrogen-bond donors (Lipinski definition) is 1. The normalized spacial score (nSPS) is 11.3. The van der Waals surface area contributed by atoms with Crippen LogP contribution in [0.3, 0.4) is 0 Å². The molecule has 0 amide bonds. The van der Waals surface area contributed by atoms with Crippen LogP contribution in [0.5, 0.6) is 0 Å². The molecule has 0 radical (unpaired) electrons. The van der Waals surface area contributed by atoms with E-state index in [9.17, 15) is 0 Å². The first kappa shape index (κ1) is 16.0. The number of nitrogens with one attached hydrogen (secondary N) is 1. The van der Waals surface area contributed by atoms with Gasteiger partial charge in [0.1, 0.15) is 0 Å². The Morgan fingerprint density at radius 1 is 0.739 bits per heavy atom. The van der Waals surface area contributed by atoms with Gasteiger partial charge in [-0.15, -0.1) is 0 Å². The van der Waals surface area contributed by atoms with Crippen molar-refractivity contribution in [2.45, 2.75) is 3.79 Å². The number of halogens is 3. The average molecular weight is 366 g/mol. The molecule has 0 saturated heterocycles. The van der Waals surface area contributed by atoms with Crippen molar-refractivity contribution in [3.8, 4) is 11.4 Å². The van der Waals surface area contributed by atoms with Crippen LogP contribution in [0.1, 0.15) is 5.82 Å². The summed E-state index contributed by atoms with van der Waals surface area (Å²) in [4.78, 5) is 12.9. The van der Waals surface area contributed by atoms with E-state index >= 15 is 0 Å². The Kier molecular flexibility index (Phi) is 4.66. The van der Waals surface area contributed by atoms with Crippen LogP contribution in [0.25, 0.3) is 11.4 Å². The Morgan fingerprint density at radius 2 is 1.35 bits per heavy atom. The molecule has 0 atom stereocenters. The molecule has 4 nitrogen and oxygen atoms in total. The van der Waals surface area contributed by atoms with Crippen LogP contribution in [0.2, 0.25) is 0 Å². The van der Waals surface area contributed by atoms with E-state index in [2.05, 4.69) is 20.3 Å². The summed E-state index contributed by atoms with van der Waals surface area (Å²) in [5.74, 6) is 0.807. The number of anilines is 2. The molecule has 0 saturated carbocycles. The van der Waals surface area contributed by atoms with Crippen LogP contribution in [-0.2, 0) is 3.79 Å². The minimum Gasteiger partial charge on any atom is -0.324 e. The molecule has 0 spiro atoms. The summed E-state index contributed by atoms with van der Waals surface area (Å²) in [6.45, 7) is 0. The highest BCUT2D eigenvalue weighted by atomic mass is 35.6. The maximum absolute atomic E-state index is 5.94. The summed E-state index contributed by atoms with van der Waals surface area (Å²) in [5.41, 5.74) is 1.63. The van der Waals surface area contributed by atoms with Gasteiger partial charge in [-0.2, -0.15) is 9.97 Å². The number of nitrogens with zero attached hydrogens (tertiary/aromatic N) is 3. The van der Waals surface area contributed by atoms with Crippen LogP contribution in [0.15, 0.2) is 60.7 Å². The molecular formula is C16H11Cl3N4. The van der Waals surface area contributed by atoms with Crippen LogP contribution in [-0.4, -0.2) is 15.0 Å². The second-order valence-electron chi connectivity index (χ2n) is 4.66. The molecule has 0 unspecified atom stereocenters. The summed E-state index contributed by atoms with van der Waals surface area (Å²) >= 11 is 17.8. The molecule has 0 aliphatic rings. The third kappa shape index (κ3) is 4.10. The van der Waals surface area contributed by atoms with Gasteiger partial charge in [0.25, 0.3) is 0 Å².